The minimum Gasteiger partial charge on any atom is -0.327 e. The van der Waals surface area contributed by atoms with E-state index in [0.29, 0.717) is 15.3 Å². The van der Waals surface area contributed by atoms with Crippen molar-refractivity contribution in [1.29, 1.82) is 0 Å². The summed E-state index contributed by atoms with van der Waals surface area (Å²) in [7, 11) is 0. The molecule has 0 bridgehead atoms. The van der Waals surface area contributed by atoms with Gasteiger partial charge in [0.05, 0.1) is 10.2 Å². The van der Waals surface area contributed by atoms with Crippen molar-refractivity contribution in [2.45, 2.75) is 19.4 Å². The van der Waals surface area contributed by atoms with Gasteiger partial charge >= 0.3 is 0 Å². The molecule has 0 aliphatic heterocycles. The molecule has 4 nitrogen and oxygen atoms in total. The number of carbonyl (C=O) groups is 1. The first kappa shape index (κ1) is 15.7. The maximum absolute atomic E-state index is 13.0. The van der Waals surface area contributed by atoms with Gasteiger partial charge in [0.1, 0.15) is 0 Å². The Kier molecular flexibility index (Phi) is 5.16. The molecule has 2 rings (SSSR count). The molecule has 0 radical (unpaired) electrons. The van der Waals surface area contributed by atoms with Crippen LogP contribution in [-0.2, 0) is 4.79 Å². The van der Waals surface area contributed by atoms with Gasteiger partial charge in [0.2, 0.25) is 5.91 Å². The highest BCUT2D eigenvalue weighted by Crippen LogP contribution is 2.27. The van der Waals surface area contributed by atoms with Crippen molar-refractivity contribution in [3.8, 4) is 0 Å². The monoisotopic (exact) mass is 307 g/mol. The summed E-state index contributed by atoms with van der Waals surface area (Å²) in [5.74, 6) is -2.16. The maximum Gasteiger partial charge on any atom is 0.227 e. The van der Waals surface area contributed by atoms with Gasteiger partial charge in [-0.25, -0.2) is 13.8 Å². The van der Waals surface area contributed by atoms with Crippen molar-refractivity contribution in [1.82, 2.24) is 4.98 Å². The number of benzene rings is 1. The summed E-state index contributed by atoms with van der Waals surface area (Å²) in [5.41, 5.74) is 5.80. The van der Waals surface area contributed by atoms with Crippen molar-refractivity contribution in [2.24, 2.45) is 5.73 Å². The average molecular weight is 308 g/mol. The first-order valence-electron chi connectivity index (χ1n) is 5.26. The number of aromatic nitrogens is 1. The number of nitrogens with zero attached hydrogens (tertiary/aromatic N) is 1. The Balaban J connectivity index is 0.00000180. The number of nitrogens with one attached hydrogen (secondary N) is 1. The van der Waals surface area contributed by atoms with Crippen molar-refractivity contribution in [3.05, 3.63) is 23.8 Å². The van der Waals surface area contributed by atoms with Crippen LogP contribution in [0.2, 0.25) is 0 Å². The fraction of sp³-hybridized carbons (Fsp3) is 0.273. The molecule has 1 atom stereocenters. The van der Waals surface area contributed by atoms with Crippen molar-refractivity contribution < 1.29 is 13.6 Å². The second-order valence-electron chi connectivity index (χ2n) is 3.98. The molecule has 3 N–H and O–H groups in total. The highest BCUT2D eigenvalue weighted by molar-refractivity contribution is 7.22. The number of hydrogen-bond acceptors (Lipinski definition) is 4. The first-order valence-corrected chi connectivity index (χ1v) is 6.08. The number of halogens is 3. The number of nitrogens with two attached hydrogens (primary N) is 1. The fourth-order valence-corrected chi connectivity index (χ4v) is 2.33. The van der Waals surface area contributed by atoms with E-state index < -0.39 is 11.6 Å². The van der Waals surface area contributed by atoms with E-state index in [-0.39, 0.29) is 30.8 Å². The molecule has 0 spiro atoms. The van der Waals surface area contributed by atoms with E-state index in [4.69, 9.17) is 5.73 Å². The van der Waals surface area contributed by atoms with Gasteiger partial charge in [0, 0.05) is 18.5 Å². The van der Waals surface area contributed by atoms with E-state index >= 15 is 0 Å². The number of fused-ring (bicyclic) bond motifs is 1. The van der Waals surface area contributed by atoms with Gasteiger partial charge in [-0.05, 0) is 13.0 Å². The average Bonchev–Trinajstić information content (AvgIpc) is 2.58. The zero-order valence-electron chi connectivity index (χ0n) is 9.94. The highest BCUT2D eigenvalue weighted by Gasteiger charge is 2.12. The van der Waals surface area contributed by atoms with Crippen LogP contribution in [0, 0.1) is 11.6 Å². The van der Waals surface area contributed by atoms with Gasteiger partial charge in [0.25, 0.3) is 0 Å². The minimum absolute atomic E-state index is 0. The minimum atomic E-state index is -0.957. The van der Waals surface area contributed by atoms with Crippen LogP contribution in [0.3, 0.4) is 0 Å². The van der Waals surface area contributed by atoms with E-state index in [9.17, 15) is 13.6 Å². The van der Waals surface area contributed by atoms with E-state index in [0.717, 1.165) is 23.5 Å². The molecule has 0 saturated carbocycles. The Morgan fingerprint density at radius 3 is 2.74 bits per heavy atom. The highest BCUT2D eigenvalue weighted by atomic mass is 35.5. The summed E-state index contributed by atoms with van der Waals surface area (Å²) >= 11 is 1.09. The van der Waals surface area contributed by atoms with Gasteiger partial charge in [-0.15, -0.1) is 12.4 Å². The van der Waals surface area contributed by atoms with Crippen LogP contribution >= 0.6 is 23.7 Å². The molecule has 0 aliphatic carbocycles. The third kappa shape index (κ3) is 3.82. The predicted molar refractivity (Wildman–Crippen MR) is 73.7 cm³/mol. The Hall–Kier alpha value is -1.31. The molecule has 1 unspecified atom stereocenters. The molecule has 19 heavy (non-hydrogen) atoms. The van der Waals surface area contributed by atoms with Gasteiger partial charge in [-0.2, -0.15) is 0 Å². The van der Waals surface area contributed by atoms with E-state index in [1.165, 1.54) is 0 Å². The smallest absolute Gasteiger partial charge is 0.227 e. The molecule has 104 valence electrons. The molecule has 0 aliphatic rings. The normalized spacial score (nSPS) is 12.0. The molecule has 0 saturated heterocycles. The van der Waals surface area contributed by atoms with Crippen LogP contribution < -0.4 is 11.1 Å². The lowest BCUT2D eigenvalue weighted by Gasteiger charge is -2.03. The Morgan fingerprint density at radius 2 is 2.11 bits per heavy atom. The number of thiazole rings is 1. The quantitative estimate of drug-likeness (QED) is 0.916. The summed E-state index contributed by atoms with van der Waals surface area (Å²) in [6, 6.07) is 1.81. The first-order chi connectivity index (χ1) is 8.45. The van der Waals surface area contributed by atoms with Gasteiger partial charge < -0.3 is 11.1 Å². The third-order valence-electron chi connectivity index (χ3n) is 2.18. The number of anilines is 1. The molecule has 8 heteroatoms. The number of rotatable bonds is 3. The summed E-state index contributed by atoms with van der Waals surface area (Å²) in [4.78, 5) is 15.5. The Labute approximate surface area is 118 Å². The molecule has 1 aromatic carbocycles. The number of hydrogen-bond donors (Lipinski definition) is 2. The van der Waals surface area contributed by atoms with Crippen LogP contribution in [0.1, 0.15) is 13.3 Å². The van der Waals surface area contributed by atoms with Gasteiger partial charge in [-0.1, -0.05) is 11.3 Å². The fourth-order valence-electron chi connectivity index (χ4n) is 1.44. The van der Waals surface area contributed by atoms with Crippen molar-refractivity contribution in [2.75, 3.05) is 5.32 Å². The molecular formula is C11H12ClF2N3OS. The Morgan fingerprint density at radius 1 is 1.47 bits per heavy atom. The molecule has 0 fully saturated rings. The van der Waals surface area contributed by atoms with Crippen LogP contribution in [0.4, 0.5) is 13.9 Å². The summed E-state index contributed by atoms with van der Waals surface area (Å²) in [6.07, 6.45) is 0.165. The zero-order valence-corrected chi connectivity index (χ0v) is 11.6. The molecule has 2 aromatic rings. The van der Waals surface area contributed by atoms with Crippen LogP contribution in [0.5, 0.6) is 0 Å². The lowest BCUT2D eigenvalue weighted by atomic mass is 10.2. The number of carbonyl (C=O) groups excluding carboxylic acids is 1. The summed E-state index contributed by atoms with van der Waals surface area (Å²) < 4.78 is 26.4. The number of amides is 1. The molecular weight excluding hydrogens is 296 g/mol. The molecule has 1 heterocycles. The Bertz CT molecular complexity index is 564. The lowest BCUT2D eigenvalue weighted by Crippen LogP contribution is -2.23. The van der Waals surface area contributed by atoms with Crippen molar-refractivity contribution >= 4 is 45.0 Å². The predicted octanol–water partition coefficient (Wildman–Crippen LogP) is 2.67. The van der Waals surface area contributed by atoms with Crippen LogP contribution in [0.15, 0.2) is 12.1 Å². The van der Waals surface area contributed by atoms with Gasteiger partial charge in [-0.3, -0.25) is 4.79 Å². The van der Waals surface area contributed by atoms with Gasteiger partial charge in [0.15, 0.2) is 16.8 Å². The second kappa shape index (κ2) is 6.23. The van der Waals surface area contributed by atoms with E-state index in [2.05, 4.69) is 10.3 Å². The maximum atomic E-state index is 13.0. The molecule has 1 aromatic heterocycles. The largest absolute Gasteiger partial charge is 0.327 e. The summed E-state index contributed by atoms with van der Waals surface area (Å²) in [5, 5.41) is 2.85. The van der Waals surface area contributed by atoms with Crippen molar-refractivity contribution in [3.63, 3.8) is 0 Å². The standard InChI is InChI=1S/C11H11F2N3OS.ClH/c1-5(14)2-10(17)16-11-15-8-3-6(12)7(13)4-9(8)18-11;/h3-5H,2,14H2,1H3,(H,15,16,17);1H. The zero-order chi connectivity index (χ0) is 13.3. The lowest BCUT2D eigenvalue weighted by molar-refractivity contribution is -0.116. The van der Waals surface area contributed by atoms with E-state index in [1.807, 2.05) is 0 Å². The topological polar surface area (TPSA) is 68.0 Å². The SMILES string of the molecule is CC(N)CC(=O)Nc1nc2cc(F)c(F)cc2s1.Cl. The van der Waals surface area contributed by atoms with Crippen LogP contribution in [-0.4, -0.2) is 16.9 Å². The third-order valence-corrected chi connectivity index (χ3v) is 3.12. The second-order valence-corrected chi connectivity index (χ2v) is 5.01. The van der Waals surface area contributed by atoms with E-state index in [1.54, 1.807) is 6.92 Å². The van der Waals surface area contributed by atoms with Crippen LogP contribution in [0.25, 0.3) is 10.2 Å². The molecule has 1 amide bonds. The summed E-state index contributed by atoms with van der Waals surface area (Å²) in [6.45, 7) is 1.71.